The van der Waals surface area contributed by atoms with E-state index in [1.54, 1.807) is 11.8 Å². The van der Waals surface area contributed by atoms with Crippen molar-refractivity contribution in [2.45, 2.75) is 17.3 Å². The van der Waals surface area contributed by atoms with Gasteiger partial charge in [0.15, 0.2) is 0 Å². The first-order chi connectivity index (χ1) is 12.1. The van der Waals surface area contributed by atoms with Gasteiger partial charge in [-0.05, 0) is 40.6 Å². The fourth-order valence-corrected chi connectivity index (χ4v) is 3.33. The average Bonchev–Trinajstić information content (AvgIpc) is 3.08. The summed E-state index contributed by atoms with van der Waals surface area (Å²) in [5, 5.41) is 11.7. The molecule has 0 fully saturated rings. The van der Waals surface area contributed by atoms with Gasteiger partial charge in [0, 0.05) is 0 Å². The number of primary amides is 1. The van der Waals surface area contributed by atoms with Gasteiger partial charge >= 0.3 is 0 Å². The number of amides is 1. The van der Waals surface area contributed by atoms with Crippen LogP contribution in [0.4, 0.5) is 0 Å². The van der Waals surface area contributed by atoms with Crippen molar-refractivity contribution < 1.29 is 9.53 Å². The molecule has 0 aliphatic heterocycles. The molecule has 1 aromatic heterocycles. The molecular formula is C17H17N5O2S. The second-order valence-corrected chi connectivity index (χ2v) is 6.43. The largest absolute Gasteiger partial charge is 0.494 e. The van der Waals surface area contributed by atoms with E-state index in [1.165, 1.54) is 11.8 Å². The van der Waals surface area contributed by atoms with Gasteiger partial charge in [-0.1, -0.05) is 48.2 Å². The van der Waals surface area contributed by atoms with E-state index in [0.29, 0.717) is 16.6 Å². The molecule has 0 radical (unpaired) electrons. The molecule has 1 atom stereocenters. The second-order valence-electron chi connectivity index (χ2n) is 5.36. The molecule has 2 N–H and O–H groups in total. The normalized spacial score (nSPS) is 11.9. The molecule has 25 heavy (non-hydrogen) atoms. The van der Waals surface area contributed by atoms with E-state index in [0.717, 1.165) is 11.1 Å². The highest BCUT2D eigenvalue weighted by atomic mass is 32.2. The monoisotopic (exact) mass is 355 g/mol. The minimum atomic E-state index is -0.596. The van der Waals surface area contributed by atoms with Crippen LogP contribution in [-0.4, -0.2) is 33.2 Å². The van der Waals surface area contributed by atoms with Crippen LogP contribution < -0.4 is 10.5 Å². The molecule has 3 aromatic rings. The van der Waals surface area contributed by atoms with Crippen LogP contribution in [0.15, 0.2) is 53.7 Å². The van der Waals surface area contributed by atoms with E-state index < -0.39 is 11.2 Å². The topological polar surface area (TPSA) is 95.9 Å². The third-order valence-electron chi connectivity index (χ3n) is 3.59. The number of rotatable bonds is 6. The van der Waals surface area contributed by atoms with Crippen LogP contribution in [0.1, 0.15) is 16.4 Å². The molecule has 1 heterocycles. The number of nitrogens with two attached hydrogens (primary N) is 1. The Morgan fingerprint density at radius 2 is 2.00 bits per heavy atom. The third kappa shape index (κ3) is 3.63. The molecule has 128 valence electrons. The first-order valence-corrected chi connectivity index (χ1v) is 8.42. The number of tetrazole rings is 1. The number of hydrogen-bond donors (Lipinski definition) is 1. The number of nitrogens with zero attached hydrogens (tertiary/aromatic N) is 4. The van der Waals surface area contributed by atoms with Gasteiger partial charge in [0.1, 0.15) is 16.7 Å². The molecule has 0 spiro atoms. The Labute approximate surface area is 149 Å². The number of aryl methyl sites for hydroxylation is 1. The Balaban J connectivity index is 1.99. The highest BCUT2D eigenvalue weighted by Gasteiger charge is 2.24. The van der Waals surface area contributed by atoms with Crippen molar-refractivity contribution in [2.24, 2.45) is 5.73 Å². The number of thioether (sulfide) groups is 1. The van der Waals surface area contributed by atoms with Crippen LogP contribution in [0, 0.1) is 6.92 Å². The van der Waals surface area contributed by atoms with Crippen molar-refractivity contribution in [3.63, 3.8) is 0 Å². The highest BCUT2D eigenvalue weighted by Crippen LogP contribution is 2.35. The lowest BCUT2D eigenvalue weighted by molar-refractivity contribution is -0.117. The Hall–Kier alpha value is -2.87. The maximum absolute atomic E-state index is 12.0. The number of aromatic nitrogens is 4. The third-order valence-corrected chi connectivity index (χ3v) is 4.79. The fourth-order valence-electron chi connectivity index (χ4n) is 2.39. The van der Waals surface area contributed by atoms with Crippen molar-refractivity contribution >= 4 is 17.7 Å². The Bertz CT molecular complexity index is 882. The standard InChI is InChI=1S/C17H17N5O2S/c1-11-8-9-14(24-2)13(10-11)22-17(19-20-21-22)25-15(16(18)23)12-6-4-3-5-7-12/h3-10,15H,1-2H3,(H2,18,23). The maximum Gasteiger partial charge on any atom is 0.235 e. The summed E-state index contributed by atoms with van der Waals surface area (Å²) < 4.78 is 6.95. The van der Waals surface area contributed by atoms with Crippen molar-refractivity contribution in [3.8, 4) is 11.4 Å². The first kappa shape index (κ1) is 17.0. The van der Waals surface area contributed by atoms with Gasteiger partial charge < -0.3 is 10.5 Å². The van der Waals surface area contributed by atoms with E-state index in [1.807, 2.05) is 55.5 Å². The summed E-state index contributed by atoms with van der Waals surface area (Å²) in [5.41, 5.74) is 8.13. The number of benzene rings is 2. The van der Waals surface area contributed by atoms with Gasteiger partial charge in [-0.15, -0.1) is 5.10 Å². The van der Waals surface area contributed by atoms with E-state index in [9.17, 15) is 4.79 Å². The van der Waals surface area contributed by atoms with Gasteiger partial charge in [-0.25, -0.2) is 0 Å². The van der Waals surface area contributed by atoms with Crippen molar-refractivity contribution in [1.82, 2.24) is 20.2 Å². The number of methoxy groups -OCH3 is 1. The van der Waals surface area contributed by atoms with E-state index in [4.69, 9.17) is 10.5 Å². The molecule has 7 nitrogen and oxygen atoms in total. The van der Waals surface area contributed by atoms with Gasteiger partial charge in [-0.3, -0.25) is 4.79 Å². The van der Waals surface area contributed by atoms with E-state index >= 15 is 0 Å². The van der Waals surface area contributed by atoms with Crippen LogP contribution in [0.5, 0.6) is 5.75 Å². The molecule has 0 saturated heterocycles. The molecule has 1 unspecified atom stereocenters. The lowest BCUT2D eigenvalue weighted by atomic mass is 10.1. The number of ether oxygens (including phenoxy) is 1. The van der Waals surface area contributed by atoms with Crippen molar-refractivity contribution in [1.29, 1.82) is 0 Å². The van der Waals surface area contributed by atoms with Gasteiger partial charge in [0.05, 0.1) is 7.11 Å². The van der Waals surface area contributed by atoms with Gasteiger partial charge in [0.2, 0.25) is 11.1 Å². The summed E-state index contributed by atoms with van der Waals surface area (Å²) in [5.74, 6) is 0.178. The summed E-state index contributed by atoms with van der Waals surface area (Å²) in [7, 11) is 1.58. The highest BCUT2D eigenvalue weighted by molar-refractivity contribution is 8.00. The summed E-state index contributed by atoms with van der Waals surface area (Å²) in [4.78, 5) is 12.0. The van der Waals surface area contributed by atoms with Crippen LogP contribution in [-0.2, 0) is 4.79 Å². The molecule has 3 rings (SSSR count). The Morgan fingerprint density at radius 1 is 1.24 bits per heavy atom. The fraction of sp³-hybridized carbons (Fsp3) is 0.176. The molecule has 0 aliphatic rings. The van der Waals surface area contributed by atoms with Crippen LogP contribution >= 0.6 is 11.8 Å². The zero-order valence-electron chi connectivity index (χ0n) is 13.8. The lowest BCUT2D eigenvalue weighted by Crippen LogP contribution is -2.19. The second kappa shape index (κ2) is 7.35. The van der Waals surface area contributed by atoms with E-state index in [-0.39, 0.29) is 0 Å². The van der Waals surface area contributed by atoms with Crippen molar-refractivity contribution in [3.05, 3.63) is 59.7 Å². The lowest BCUT2D eigenvalue weighted by Gasteiger charge is -2.14. The minimum absolute atomic E-state index is 0.455. The quantitative estimate of drug-likeness (QED) is 0.682. The Morgan fingerprint density at radius 3 is 2.68 bits per heavy atom. The summed E-state index contributed by atoms with van der Waals surface area (Å²) in [6, 6.07) is 15.0. The zero-order chi connectivity index (χ0) is 17.8. The summed E-state index contributed by atoms with van der Waals surface area (Å²) in [6.07, 6.45) is 0. The van der Waals surface area contributed by atoms with Crippen LogP contribution in [0.2, 0.25) is 0 Å². The van der Waals surface area contributed by atoms with Gasteiger partial charge in [-0.2, -0.15) is 4.68 Å². The maximum atomic E-state index is 12.0. The van der Waals surface area contributed by atoms with E-state index in [2.05, 4.69) is 15.5 Å². The number of hydrogen-bond acceptors (Lipinski definition) is 6. The summed E-state index contributed by atoms with van der Waals surface area (Å²) >= 11 is 1.20. The predicted molar refractivity (Wildman–Crippen MR) is 94.7 cm³/mol. The number of carbonyl (C=O) groups excluding carboxylic acids is 1. The molecule has 2 aromatic carbocycles. The zero-order valence-corrected chi connectivity index (χ0v) is 14.6. The SMILES string of the molecule is COc1ccc(C)cc1-n1nnnc1SC(C(N)=O)c1ccccc1. The molecule has 0 aliphatic carbocycles. The number of carbonyl (C=O) groups is 1. The molecule has 0 saturated carbocycles. The van der Waals surface area contributed by atoms with Crippen LogP contribution in [0.3, 0.4) is 0 Å². The minimum Gasteiger partial charge on any atom is -0.494 e. The average molecular weight is 355 g/mol. The molecule has 1 amide bonds. The molecular weight excluding hydrogens is 338 g/mol. The van der Waals surface area contributed by atoms with Crippen molar-refractivity contribution in [2.75, 3.05) is 7.11 Å². The molecule has 8 heteroatoms. The molecule has 0 bridgehead atoms. The summed E-state index contributed by atoms with van der Waals surface area (Å²) in [6.45, 7) is 1.97. The Kier molecular flexibility index (Phi) is 4.99. The van der Waals surface area contributed by atoms with Crippen LogP contribution in [0.25, 0.3) is 5.69 Å². The van der Waals surface area contributed by atoms with Gasteiger partial charge in [0.25, 0.3) is 0 Å². The first-order valence-electron chi connectivity index (χ1n) is 7.54. The predicted octanol–water partition coefficient (Wildman–Crippen LogP) is 2.30. The smallest absolute Gasteiger partial charge is 0.235 e.